The summed E-state index contributed by atoms with van der Waals surface area (Å²) in [7, 11) is 3.95. The Morgan fingerprint density at radius 3 is 2.59 bits per heavy atom. The van der Waals surface area contributed by atoms with Gasteiger partial charge in [-0.05, 0) is 38.7 Å². The summed E-state index contributed by atoms with van der Waals surface area (Å²) in [5, 5.41) is 6.33. The van der Waals surface area contributed by atoms with Gasteiger partial charge in [-0.25, -0.2) is 9.37 Å². The van der Waals surface area contributed by atoms with E-state index >= 15 is 0 Å². The third-order valence-corrected chi connectivity index (χ3v) is 4.03. The van der Waals surface area contributed by atoms with Crippen LogP contribution in [0, 0.1) is 5.82 Å². The molecule has 2 N–H and O–H groups in total. The Hall–Kier alpha value is -3.33. The Morgan fingerprint density at radius 1 is 1.10 bits per heavy atom. The summed E-state index contributed by atoms with van der Waals surface area (Å²) in [4.78, 5) is 19.2. The number of hydrogen-bond acceptors (Lipinski definition) is 8. The highest BCUT2D eigenvalue weighted by Gasteiger charge is 2.11. The smallest absolute Gasteiger partial charge is 0.228 e. The number of rotatable bonds is 9. The van der Waals surface area contributed by atoms with Crippen molar-refractivity contribution in [2.75, 3.05) is 37.9 Å². The summed E-state index contributed by atoms with van der Waals surface area (Å²) >= 11 is 0. The molecule has 0 saturated heterocycles. The van der Waals surface area contributed by atoms with Crippen LogP contribution in [0.15, 0.2) is 48.9 Å². The maximum atomic E-state index is 13.2. The van der Waals surface area contributed by atoms with E-state index in [0.717, 1.165) is 12.1 Å². The van der Waals surface area contributed by atoms with Crippen LogP contribution in [0.5, 0.6) is 5.88 Å². The molecule has 9 heteroatoms. The summed E-state index contributed by atoms with van der Waals surface area (Å²) in [5.74, 6) is 1.62. The van der Waals surface area contributed by atoms with E-state index in [2.05, 4.69) is 30.6 Å². The van der Waals surface area contributed by atoms with Crippen LogP contribution in [-0.4, -0.2) is 52.1 Å². The fourth-order valence-electron chi connectivity index (χ4n) is 2.48. The molecule has 0 spiro atoms. The molecule has 0 aliphatic heterocycles. The first-order valence-electron chi connectivity index (χ1n) is 9.21. The molecule has 2 heterocycles. The second-order valence-electron chi connectivity index (χ2n) is 6.70. The molecule has 29 heavy (non-hydrogen) atoms. The van der Waals surface area contributed by atoms with Crippen LogP contribution >= 0.6 is 0 Å². The van der Waals surface area contributed by atoms with Crippen molar-refractivity contribution in [2.24, 2.45) is 0 Å². The predicted molar refractivity (Wildman–Crippen MR) is 110 cm³/mol. The molecule has 152 valence electrons. The van der Waals surface area contributed by atoms with Crippen molar-refractivity contribution in [3.05, 3.63) is 60.3 Å². The normalized spacial score (nSPS) is 11.9. The number of ether oxygens (including phenoxy) is 1. The number of nitrogens with zero attached hydrogens (tertiary/aromatic N) is 5. The summed E-state index contributed by atoms with van der Waals surface area (Å²) in [6.45, 7) is 3.19. The molecule has 3 rings (SSSR count). The topological polar surface area (TPSA) is 88.1 Å². The molecule has 3 aromatic rings. The van der Waals surface area contributed by atoms with Crippen LogP contribution in [0.4, 0.5) is 22.0 Å². The van der Waals surface area contributed by atoms with Crippen LogP contribution in [-0.2, 0) is 0 Å². The van der Waals surface area contributed by atoms with Crippen molar-refractivity contribution in [2.45, 2.75) is 13.0 Å². The van der Waals surface area contributed by atoms with Gasteiger partial charge in [0.1, 0.15) is 24.1 Å². The SMILES string of the molecule is C[C@H](Nc1nc(Nc2cnccn2)cc(OCCN(C)C)n1)c1ccc(F)cc1. The summed E-state index contributed by atoms with van der Waals surface area (Å²) in [6.07, 6.45) is 4.79. The van der Waals surface area contributed by atoms with E-state index < -0.39 is 0 Å². The largest absolute Gasteiger partial charge is 0.476 e. The first-order chi connectivity index (χ1) is 14.0. The second kappa shape index (κ2) is 9.74. The minimum atomic E-state index is -0.274. The molecule has 0 saturated carbocycles. The number of anilines is 3. The maximum absolute atomic E-state index is 13.2. The zero-order valence-corrected chi connectivity index (χ0v) is 16.6. The van der Waals surface area contributed by atoms with Gasteiger partial charge in [0.2, 0.25) is 11.8 Å². The molecule has 0 radical (unpaired) electrons. The van der Waals surface area contributed by atoms with Gasteiger partial charge < -0.3 is 20.3 Å². The van der Waals surface area contributed by atoms with Gasteiger partial charge in [-0.3, -0.25) is 4.98 Å². The standard InChI is InChI=1S/C20H24FN7O/c1-14(15-4-6-16(21)7-5-15)24-20-26-17(25-18-13-22-8-9-23-18)12-19(27-20)29-11-10-28(2)3/h4-9,12-14H,10-11H2,1-3H3,(H2,23,24,25,26,27)/t14-/m0/s1. The second-order valence-corrected chi connectivity index (χ2v) is 6.70. The first kappa shape index (κ1) is 20.4. The van der Waals surface area contributed by atoms with Gasteiger partial charge in [0, 0.05) is 25.0 Å². The molecule has 2 aromatic heterocycles. The molecule has 0 unspecified atom stereocenters. The van der Waals surface area contributed by atoms with Crippen molar-refractivity contribution in [1.82, 2.24) is 24.8 Å². The molecule has 1 aromatic carbocycles. The Labute approximate surface area is 169 Å². The van der Waals surface area contributed by atoms with Crippen LogP contribution in [0.1, 0.15) is 18.5 Å². The van der Waals surface area contributed by atoms with Gasteiger partial charge in [0.25, 0.3) is 0 Å². The number of likely N-dealkylation sites (N-methyl/N-ethyl adjacent to an activating group) is 1. The highest BCUT2D eigenvalue weighted by molar-refractivity contribution is 5.54. The highest BCUT2D eigenvalue weighted by atomic mass is 19.1. The minimum absolute atomic E-state index is 0.128. The summed E-state index contributed by atoms with van der Waals surface area (Å²) < 4.78 is 19.0. The van der Waals surface area contributed by atoms with Crippen molar-refractivity contribution < 1.29 is 9.13 Å². The van der Waals surface area contributed by atoms with E-state index in [-0.39, 0.29) is 11.9 Å². The summed E-state index contributed by atoms with van der Waals surface area (Å²) in [5.41, 5.74) is 0.914. The monoisotopic (exact) mass is 397 g/mol. The highest BCUT2D eigenvalue weighted by Crippen LogP contribution is 2.22. The Kier molecular flexibility index (Phi) is 6.85. The van der Waals surface area contributed by atoms with Gasteiger partial charge >= 0.3 is 0 Å². The maximum Gasteiger partial charge on any atom is 0.228 e. The quantitative estimate of drug-likeness (QED) is 0.569. The number of hydrogen-bond donors (Lipinski definition) is 2. The zero-order chi connectivity index (χ0) is 20.6. The van der Waals surface area contributed by atoms with Gasteiger partial charge in [-0.2, -0.15) is 9.97 Å². The van der Waals surface area contributed by atoms with E-state index in [1.54, 1.807) is 36.8 Å². The third kappa shape index (κ3) is 6.35. The predicted octanol–water partition coefficient (Wildman–Crippen LogP) is 3.26. The molecular weight excluding hydrogens is 373 g/mol. The lowest BCUT2D eigenvalue weighted by molar-refractivity contribution is 0.254. The van der Waals surface area contributed by atoms with Crippen LogP contribution in [0.3, 0.4) is 0 Å². The first-order valence-corrected chi connectivity index (χ1v) is 9.21. The third-order valence-electron chi connectivity index (χ3n) is 4.03. The van der Waals surface area contributed by atoms with E-state index in [4.69, 9.17) is 4.74 Å². The van der Waals surface area contributed by atoms with Crippen molar-refractivity contribution >= 4 is 17.6 Å². The van der Waals surface area contributed by atoms with E-state index in [1.807, 2.05) is 25.9 Å². The number of nitrogens with one attached hydrogen (secondary N) is 2. The average molecular weight is 397 g/mol. The van der Waals surface area contributed by atoms with Gasteiger partial charge in [-0.1, -0.05) is 12.1 Å². The lowest BCUT2D eigenvalue weighted by atomic mass is 10.1. The number of aromatic nitrogens is 4. The lowest BCUT2D eigenvalue weighted by Crippen LogP contribution is -2.20. The Bertz CT molecular complexity index is 906. The van der Waals surface area contributed by atoms with Gasteiger partial charge in [0.15, 0.2) is 0 Å². The van der Waals surface area contributed by atoms with Crippen molar-refractivity contribution in [3.63, 3.8) is 0 Å². The van der Waals surface area contributed by atoms with E-state index in [0.29, 0.717) is 30.1 Å². The average Bonchev–Trinajstić information content (AvgIpc) is 2.69. The van der Waals surface area contributed by atoms with Gasteiger partial charge in [-0.15, -0.1) is 0 Å². The lowest BCUT2D eigenvalue weighted by Gasteiger charge is -2.17. The Morgan fingerprint density at radius 2 is 1.90 bits per heavy atom. The Balaban J connectivity index is 1.79. The van der Waals surface area contributed by atoms with E-state index in [9.17, 15) is 4.39 Å². The van der Waals surface area contributed by atoms with Crippen LogP contribution in [0.2, 0.25) is 0 Å². The molecular formula is C20H24FN7O. The van der Waals surface area contributed by atoms with Gasteiger partial charge in [0.05, 0.1) is 12.2 Å². The van der Waals surface area contributed by atoms with Crippen molar-refractivity contribution in [3.8, 4) is 5.88 Å². The molecule has 0 fully saturated rings. The molecule has 1 atom stereocenters. The fraction of sp³-hybridized carbons (Fsp3) is 0.300. The minimum Gasteiger partial charge on any atom is -0.476 e. The molecule has 0 aliphatic carbocycles. The number of halogens is 1. The molecule has 0 amide bonds. The van der Waals surface area contributed by atoms with Crippen molar-refractivity contribution in [1.29, 1.82) is 0 Å². The van der Waals surface area contributed by atoms with Crippen LogP contribution < -0.4 is 15.4 Å². The molecule has 0 aliphatic rings. The molecule has 0 bridgehead atoms. The zero-order valence-electron chi connectivity index (χ0n) is 16.6. The summed E-state index contributed by atoms with van der Waals surface area (Å²) in [6, 6.07) is 7.88. The van der Waals surface area contributed by atoms with E-state index in [1.165, 1.54) is 12.1 Å². The molecule has 8 nitrogen and oxygen atoms in total. The number of benzene rings is 1. The fourth-order valence-corrected chi connectivity index (χ4v) is 2.48. The van der Waals surface area contributed by atoms with Crippen LogP contribution in [0.25, 0.3) is 0 Å².